The van der Waals surface area contributed by atoms with E-state index in [0.29, 0.717) is 17.9 Å². The highest BCUT2D eigenvalue weighted by atomic mass is 32.2. The van der Waals surface area contributed by atoms with Crippen LogP contribution < -0.4 is 0 Å². The Morgan fingerprint density at radius 2 is 1.92 bits per heavy atom. The number of rotatable bonds is 5. The Kier molecular flexibility index (Phi) is 4.71. The van der Waals surface area contributed by atoms with Crippen molar-refractivity contribution in [2.24, 2.45) is 0 Å². The molecule has 0 saturated heterocycles. The van der Waals surface area contributed by atoms with Gasteiger partial charge in [-0.1, -0.05) is 59.8 Å². The van der Waals surface area contributed by atoms with Crippen molar-refractivity contribution < 1.29 is 4.39 Å². The lowest BCUT2D eigenvalue weighted by atomic mass is 10.1. The van der Waals surface area contributed by atoms with Crippen LogP contribution in [0.3, 0.4) is 0 Å². The fourth-order valence-electron chi connectivity index (χ4n) is 2.94. The van der Waals surface area contributed by atoms with E-state index >= 15 is 0 Å². The largest absolute Gasteiger partial charge is 0.299 e. The summed E-state index contributed by atoms with van der Waals surface area (Å²) in [5.41, 5.74) is 4.81. The molecular formula is C21H18FN3S. The van der Waals surface area contributed by atoms with Crippen LogP contribution in [0.4, 0.5) is 4.39 Å². The van der Waals surface area contributed by atoms with Crippen LogP contribution in [0.2, 0.25) is 0 Å². The van der Waals surface area contributed by atoms with Crippen LogP contribution in [0.1, 0.15) is 16.7 Å². The molecule has 0 aliphatic rings. The third-order valence-corrected chi connectivity index (χ3v) is 5.23. The first kappa shape index (κ1) is 16.8. The van der Waals surface area contributed by atoms with Gasteiger partial charge in [-0.05, 0) is 36.2 Å². The summed E-state index contributed by atoms with van der Waals surface area (Å²) < 4.78 is 16.0. The Hall–Kier alpha value is -2.66. The number of aromatic nitrogens is 3. The quantitative estimate of drug-likeness (QED) is 0.456. The summed E-state index contributed by atoms with van der Waals surface area (Å²) in [4.78, 5) is 9.22. The summed E-state index contributed by atoms with van der Waals surface area (Å²) in [5, 5.41) is 0.850. The van der Waals surface area contributed by atoms with Crippen molar-refractivity contribution in [3.05, 3.63) is 89.4 Å². The van der Waals surface area contributed by atoms with E-state index in [0.717, 1.165) is 16.3 Å². The highest BCUT2D eigenvalue weighted by molar-refractivity contribution is 7.98. The summed E-state index contributed by atoms with van der Waals surface area (Å²) in [6, 6.07) is 19.1. The van der Waals surface area contributed by atoms with Crippen molar-refractivity contribution >= 4 is 22.9 Å². The number of pyridine rings is 1. The molecule has 0 amide bonds. The predicted molar refractivity (Wildman–Crippen MR) is 104 cm³/mol. The van der Waals surface area contributed by atoms with E-state index in [4.69, 9.17) is 4.98 Å². The molecule has 2 aromatic carbocycles. The molecule has 4 aromatic rings. The zero-order valence-corrected chi connectivity index (χ0v) is 15.2. The third kappa shape index (κ3) is 3.48. The van der Waals surface area contributed by atoms with Gasteiger partial charge in [0.2, 0.25) is 0 Å². The maximum Gasteiger partial charge on any atom is 0.170 e. The molecule has 3 nitrogen and oxygen atoms in total. The van der Waals surface area contributed by atoms with E-state index in [1.54, 1.807) is 12.3 Å². The van der Waals surface area contributed by atoms with E-state index in [-0.39, 0.29) is 5.82 Å². The second-order valence-corrected chi connectivity index (χ2v) is 7.14. The maximum absolute atomic E-state index is 13.9. The van der Waals surface area contributed by atoms with Gasteiger partial charge in [0.25, 0.3) is 0 Å². The van der Waals surface area contributed by atoms with E-state index in [1.165, 1.54) is 29.0 Å². The molecule has 0 atom stereocenters. The first-order valence-electron chi connectivity index (χ1n) is 8.44. The Bertz CT molecular complexity index is 1060. The lowest BCUT2D eigenvalue weighted by molar-refractivity contribution is 0.617. The second kappa shape index (κ2) is 7.30. The molecule has 0 unspecified atom stereocenters. The molecule has 0 fully saturated rings. The monoisotopic (exact) mass is 363 g/mol. The van der Waals surface area contributed by atoms with Gasteiger partial charge < -0.3 is 0 Å². The van der Waals surface area contributed by atoms with Gasteiger partial charge in [-0.2, -0.15) is 0 Å². The summed E-state index contributed by atoms with van der Waals surface area (Å²) >= 11 is 1.54. The number of benzene rings is 2. The molecule has 130 valence electrons. The van der Waals surface area contributed by atoms with Crippen molar-refractivity contribution in [3.63, 3.8) is 0 Å². The molecule has 5 heteroatoms. The van der Waals surface area contributed by atoms with E-state index in [2.05, 4.69) is 40.7 Å². The molecule has 0 aliphatic heterocycles. The number of halogens is 1. The van der Waals surface area contributed by atoms with E-state index in [1.807, 2.05) is 24.3 Å². The van der Waals surface area contributed by atoms with Crippen molar-refractivity contribution in [1.82, 2.24) is 14.5 Å². The molecule has 0 bridgehead atoms. The number of nitrogens with zero attached hydrogens (tertiary/aromatic N) is 3. The Morgan fingerprint density at radius 3 is 2.77 bits per heavy atom. The minimum Gasteiger partial charge on any atom is -0.299 e. The number of imidazole rings is 1. The summed E-state index contributed by atoms with van der Waals surface area (Å²) in [6.07, 6.45) is 1.78. The van der Waals surface area contributed by atoms with Gasteiger partial charge in [0.1, 0.15) is 11.3 Å². The first-order chi connectivity index (χ1) is 12.7. The van der Waals surface area contributed by atoms with Crippen molar-refractivity contribution in [1.29, 1.82) is 0 Å². The summed E-state index contributed by atoms with van der Waals surface area (Å²) in [5.74, 6) is 0.351. The Morgan fingerprint density at radius 1 is 1.04 bits per heavy atom. The average molecular weight is 363 g/mol. The van der Waals surface area contributed by atoms with E-state index < -0.39 is 0 Å². The number of thioether (sulfide) groups is 1. The Balaban J connectivity index is 1.68. The van der Waals surface area contributed by atoms with E-state index in [9.17, 15) is 4.39 Å². The lowest BCUT2D eigenvalue weighted by Gasteiger charge is -2.09. The molecule has 0 N–H and O–H groups in total. The molecular weight excluding hydrogens is 345 g/mol. The predicted octanol–water partition coefficient (Wildman–Crippen LogP) is 5.22. The van der Waals surface area contributed by atoms with Crippen LogP contribution in [0.5, 0.6) is 0 Å². The van der Waals surface area contributed by atoms with Gasteiger partial charge in [0.05, 0.1) is 6.54 Å². The fraction of sp³-hybridized carbons (Fsp3) is 0.143. The lowest BCUT2D eigenvalue weighted by Crippen LogP contribution is -2.03. The summed E-state index contributed by atoms with van der Waals surface area (Å²) in [7, 11) is 0. The van der Waals surface area contributed by atoms with Crippen LogP contribution in [0, 0.1) is 12.7 Å². The molecule has 4 rings (SSSR count). The average Bonchev–Trinajstić information content (AvgIpc) is 2.99. The third-order valence-electron chi connectivity index (χ3n) is 4.21. The smallest absolute Gasteiger partial charge is 0.170 e. The molecule has 0 saturated carbocycles. The highest BCUT2D eigenvalue weighted by Gasteiger charge is 2.13. The van der Waals surface area contributed by atoms with Crippen LogP contribution in [0.15, 0.2) is 72.0 Å². The zero-order valence-electron chi connectivity index (χ0n) is 14.4. The van der Waals surface area contributed by atoms with Crippen molar-refractivity contribution in [3.8, 4) is 0 Å². The van der Waals surface area contributed by atoms with Crippen LogP contribution in [-0.4, -0.2) is 14.5 Å². The number of fused-ring (bicyclic) bond motifs is 1. The molecule has 0 spiro atoms. The molecule has 2 heterocycles. The molecule has 0 radical (unpaired) electrons. The van der Waals surface area contributed by atoms with Gasteiger partial charge in [-0.25, -0.2) is 14.4 Å². The fourth-order valence-corrected chi connectivity index (χ4v) is 3.93. The molecule has 0 aliphatic carbocycles. The maximum atomic E-state index is 13.9. The zero-order chi connectivity index (χ0) is 17.9. The van der Waals surface area contributed by atoms with Crippen LogP contribution in [-0.2, 0) is 12.3 Å². The molecule has 26 heavy (non-hydrogen) atoms. The van der Waals surface area contributed by atoms with Gasteiger partial charge in [-0.3, -0.25) is 4.57 Å². The van der Waals surface area contributed by atoms with Gasteiger partial charge in [0.15, 0.2) is 10.8 Å². The van der Waals surface area contributed by atoms with Crippen LogP contribution in [0.25, 0.3) is 11.2 Å². The second-order valence-electron chi connectivity index (χ2n) is 6.20. The minimum atomic E-state index is -0.181. The standard InChI is InChI=1S/C21H18FN3S/c1-15-6-4-7-16(12-15)13-25-20-19(10-5-11-23-20)24-21(25)26-14-17-8-2-3-9-18(17)22/h2-12H,13-14H2,1H3. The number of hydrogen-bond acceptors (Lipinski definition) is 3. The highest BCUT2D eigenvalue weighted by Crippen LogP contribution is 2.27. The normalized spacial score (nSPS) is 11.2. The van der Waals surface area contributed by atoms with Crippen molar-refractivity contribution in [2.45, 2.75) is 24.4 Å². The van der Waals surface area contributed by atoms with Crippen molar-refractivity contribution in [2.75, 3.05) is 0 Å². The van der Waals surface area contributed by atoms with Gasteiger partial charge in [0, 0.05) is 11.9 Å². The molecule has 2 aromatic heterocycles. The van der Waals surface area contributed by atoms with Gasteiger partial charge in [-0.15, -0.1) is 0 Å². The number of hydrogen-bond donors (Lipinski definition) is 0. The SMILES string of the molecule is Cc1cccc(Cn2c(SCc3ccccc3F)nc3cccnc32)c1. The van der Waals surface area contributed by atoms with Crippen LogP contribution >= 0.6 is 11.8 Å². The minimum absolute atomic E-state index is 0.181. The Labute approximate surface area is 155 Å². The van der Waals surface area contributed by atoms with Gasteiger partial charge >= 0.3 is 0 Å². The topological polar surface area (TPSA) is 30.7 Å². The number of aryl methyl sites for hydroxylation is 1. The summed E-state index contributed by atoms with van der Waals surface area (Å²) in [6.45, 7) is 2.77. The first-order valence-corrected chi connectivity index (χ1v) is 9.42.